The Hall–Kier alpha value is -1.77. The Morgan fingerprint density at radius 2 is 1.90 bits per heavy atom. The molecule has 0 radical (unpaired) electrons. The zero-order valence-corrected chi connectivity index (χ0v) is 12.8. The van der Waals surface area contributed by atoms with Crippen LogP contribution in [0.2, 0.25) is 0 Å². The van der Waals surface area contributed by atoms with Gasteiger partial charge in [-0.15, -0.1) is 0 Å². The molecule has 2 rings (SSSR count). The molecule has 0 atom stereocenters. The molecule has 0 amide bonds. The van der Waals surface area contributed by atoms with Crippen LogP contribution in [0.3, 0.4) is 0 Å². The Morgan fingerprint density at radius 1 is 1.15 bits per heavy atom. The molecule has 0 saturated heterocycles. The van der Waals surface area contributed by atoms with Gasteiger partial charge in [0.15, 0.2) is 0 Å². The van der Waals surface area contributed by atoms with E-state index in [-0.39, 0.29) is 0 Å². The van der Waals surface area contributed by atoms with Gasteiger partial charge in [-0.3, -0.25) is 4.98 Å². The molecular weight excluding hydrogens is 246 g/mol. The van der Waals surface area contributed by atoms with Crippen molar-refractivity contribution in [3.63, 3.8) is 0 Å². The third-order valence-corrected chi connectivity index (χ3v) is 4.19. The van der Waals surface area contributed by atoms with Crippen molar-refractivity contribution in [2.75, 3.05) is 23.7 Å². The number of pyridine rings is 1. The number of nitrogens with two attached hydrogens (primary N) is 1. The smallest absolute Gasteiger partial charge is 0.0632 e. The van der Waals surface area contributed by atoms with Crippen molar-refractivity contribution in [1.82, 2.24) is 4.98 Å². The van der Waals surface area contributed by atoms with Gasteiger partial charge in [-0.25, -0.2) is 0 Å². The highest BCUT2D eigenvalue weighted by Gasteiger charge is 2.14. The summed E-state index contributed by atoms with van der Waals surface area (Å²) in [6.07, 6.45) is 6.10. The van der Waals surface area contributed by atoms with Crippen LogP contribution in [0.15, 0.2) is 30.6 Å². The molecule has 0 spiro atoms. The van der Waals surface area contributed by atoms with Crippen LogP contribution in [0.5, 0.6) is 0 Å². The van der Waals surface area contributed by atoms with Crippen LogP contribution < -0.4 is 10.6 Å². The van der Waals surface area contributed by atoms with Gasteiger partial charge in [-0.05, 0) is 25.0 Å². The molecule has 108 valence electrons. The monoisotopic (exact) mass is 271 g/mol. The quantitative estimate of drug-likeness (QED) is 0.805. The van der Waals surface area contributed by atoms with E-state index >= 15 is 0 Å². The first kappa shape index (κ1) is 14.6. The Labute approximate surface area is 121 Å². The lowest BCUT2D eigenvalue weighted by Crippen LogP contribution is -2.29. The van der Waals surface area contributed by atoms with Crippen LogP contribution in [-0.4, -0.2) is 18.1 Å². The van der Waals surface area contributed by atoms with Crippen molar-refractivity contribution in [1.29, 1.82) is 0 Å². The number of aromatic nitrogens is 1. The zero-order chi connectivity index (χ0) is 14.5. The number of nitrogens with zero attached hydrogens (tertiary/aromatic N) is 2. The standard InChI is InChI=1S/C17H25N3/c1-4-13(5-2)12-20(6-3)16-8-7-14-11-19-10-9-15(14)17(16)18/h7-11,13H,4-6,12,18H2,1-3H3. The minimum atomic E-state index is 0.725. The molecule has 2 aromatic rings. The molecule has 2 N–H and O–H groups in total. The maximum absolute atomic E-state index is 6.38. The predicted molar refractivity (Wildman–Crippen MR) is 88.1 cm³/mol. The van der Waals surface area contributed by atoms with Gasteiger partial charge in [0, 0.05) is 36.3 Å². The first-order chi connectivity index (χ1) is 9.71. The average Bonchev–Trinajstić information content (AvgIpc) is 2.50. The highest BCUT2D eigenvalue weighted by atomic mass is 15.1. The molecule has 1 heterocycles. The first-order valence-electron chi connectivity index (χ1n) is 7.58. The fourth-order valence-electron chi connectivity index (χ4n) is 2.71. The summed E-state index contributed by atoms with van der Waals surface area (Å²) in [5.41, 5.74) is 8.41. The van der Waals surface area contributed by atoms with Crippen molar-refractivity contribution in [2.45, 2.75) is 33.6 Å². The van der Waals surface area contributed by atoms with Gasteiger partial charge in [0.1, 0.15) is 0 Å². The highest BCUT2D eigenvalue weighted by Crippen LogP contribution is 2.31. The molecule has 0 aliphatic rings. The molecular formula is C17H25N3. The molecule has 3 nitrogen and oxygen atoms in total. The van der Waals surface area contributed by atoms with Crippen LogP contribution in [0.4, 0.5) is 11.4 Å². The van der Waals surface area contributed by atoms with E-state index in [1.54, 1.807) is 6.20 Å². The Bertz CT molecular complexity index is 561. The van der Waals surface area contributed by atoms with Gasteiger partial charge in [0.05, 0.1) is 11.4 Å². The van der Waals surface area contributed by atoms with Crippen LogP contribution in [0.1, 0.15) is 33.6 Å². The molecule has 0 fully saturated rings. The SMILES string of the molecule is CCC(CC)CN(CC)c1ccc2cnccc2c1N. The van der Waals surface area contributed by atoms with E-state index < -0.39 is 0 Å². The third kappa shape index (κ3) is 2.87. The van der Waals surface area contributed by atoms with E-state index in [1.165, 1.54) is 12.8 Å². The van der Waals surface area contributed by atoms with E-state index in [0.29, 0.717) is 0 Å². The van der Waals surface area contributed by atoms with E-state index in [1.807, 2.05) is 12.3 Å². The normalized spacial score (nSPS) is 11.2. The van der Waals surface area contributed by atoms with Crippen molar-refractivity contribution < 1.29 is 0 Å². The molecule has 3 heteroatoms. The van der Waals surface area contributed by atoms with E-state index in [2.05, 4.69) is 42.8 Å². The minimum absolute atomic E-state index is 0.725. The summed E-state index contributed by atoms with van der Waals surface area (Å²) < 4.78 is 0. The minimum Gasteiger partial charge on any atom is -0.397 e. The summed E-state index contributed by atoms with van der Waals surface area (Å²) in [7, 11) is 0. The number of benzene rings is 1. The van der Waals surface area contributed by atoms with Crippen molar-refractivity contribution in [3.05, 3.63) is 30.6 Å². The summed E-state index contributed by atoms with van der Waals surface area (Å²) >= 11 is 0. The Kier molecular flexibility index (Phi) is 4.83. The van der Waals surface area contributed by atoms with Gasteiger partial charge in [0.2, 0.25) is 0 Å². The lowest BCUT2D eigenvalue weighted by molar-refractivity contribution is 0.486. The number of hydrogen-bond acceptors (Lipinski definition) is 3. The van der Waals surface area contributed by atoms with Crippen LogP contribution >= 0.6 is 0 Å². The summed E-state index contributed by atoms with van der Waals surface area (Å²) in [6, 6.07) is 6.24. The number of rotatable bonds is 6. The number of nitrogen functional groups attached to an aromatic ring is 1. The maximum Gasteiger partial charge on any atom is 0.0632 e. The highest BCUT2D eigenvalue weighted by molar-refractivity contribution is 5.98. The number of fused-ring (bicyclic) bond motifs is 1. The van der Waals surface area contributed by atoms with Gasteiger partial charge in [-0.2, -0.15) is 0 Å². The molecule has 0 unspecified atom stereocenters. The molecule has 0 bridgehead atoms. The van der Waals surface area contributed by atoms with Gasteiger partial charge >= 0.3 is 0 Å². The topological polar surface area (TPSA) is 42.2 Å². The fourth-order valence-corrected chi connectivity index (χ4v) is 2.71. The third-order valence-electron chi connectivity index (χ3n) is 4.19. The second kappa shape index (κ2) is 6.60. The summed E-state index contributed by atoms with van der Waals surface area (Å²) in [5, 5.41) is 2.20. The van der Waals surface area contributed by atoms with Gasteiger partial charge in [-0.1, -0.05) is 32.8 Å². The first-order valence-corrected chi connectivity index (χ1v) is 7.58. The second-order valence-electron chi connectivity index (χ2n) is 5.32. The number of hydrogen-bond donors (Lipinski definition) is 1. The van der Waals surface area contributed by atoms with Crippen molar-refractivity contribution >= 4 is 22.1 Å². The lowest BCUT2D eigenvalue weighted by Gasteiger charge is -2.29. The van der Waals surface area contributed by atoms with E-state index in [0.717, 1.165) is 41.2 Å². The van der Waals surface area contributed by atoms with Crippen LogP contribution in [0, 0.1) is 5.92 Å². The van der Waals surface area contributed by atoms with Gasteiger partial charge in [0.25, 0.3) is 0 Å². The fraction of sp³-hybridized carbons (Fsp3) is 0.471. The summed E-state index contributed by atoms with van der Waals surface area (Å²) in [5.74, 6) is 0.725. The van der Waals surface area contributed by atoms with Crippen molar-refractivity contribution in [2.24, 2.45) is 5.92 Å². The van der Waals surface area contributed by atoms with Crippen molar-refractivity contribution in [3.8, 4) is 0 Å². The molecule has 0 aliphatic carbocycles. The second-order valence-corrected chi connectivity index (χ2v) is 5.32. The summed E-state index contributed by atoms with van der Waals surface area (Å²) in [6.45, 7) is 8.77. The number of anilines is 2. The largest absolute Gasteiger partial charge is 0.397 e. The average molecular weight is 271 g/mol. The molecule has 0 saturated carbocycles. The van der Waals surface area contributed by atoms with Crippen LogP contribution in [0.25, 0.3) is 10.8 Å². The van der Waals surface area contributed by atoms with Gasteiger partial charge < -0.3 is 10.6 Å². The lowest BCUT2D eigenvalue weighted by atomic mass is 10.0. The van der Waals surface area contributed by atoms with E-state index in [4.69, 9.17) is 5.73 Å². The van der Waals surface area contributed by atoms with E-state index in [9.17, 15) is 0 Å². The zero-order valence-electron chi connectivity index (χ0n) is 12.8. The maximum atomic E-state index is 6.38. The molecule has 20 heavy (non-hydrogen) atoms. The summed E-state index contributed by atoms with van der Waals surface area (Å²) in [4.78, 5) is 6.55. The predicted octanol–water partition coefficient (Wildman–Crippen LogP) is 4.08. The molecule has 0 aliphatic heterocycles. The molecule has 1 aromatic carbocycles. The Morgan fingerprint density at radius 3 is 2.55 bits per heavy atom. The van der Waals surface area contributed by atoms with Crippen LogP contribution in [-0.2, 0) is 0 Å². The molecule has 1 aromatic heterocycles. The Balaban J connectivity index is 2.37.